The number of aliphatic hydroxyl groups is 1. The van der Waals surface area contributed by atoms with Crippen LogP contribution in [0.25, 0.3) is 0 Å². The zero-order chi connectivity index (χ0) is 16.7. The Balaban J connectivity index is 1.72. The molecule has 6 heteroatoms. The third-order valence-corrected chi connectivity index (χ3v) is 3.05. The van der Waals surface area contributed by atoms with E-state index >= 15 is 0 Å². The van der Waals surface area contributed by atoms with E-state index in [1.165, 1.54) is 18.2 Å². The lowest BCUT2D eigenvalue weighted by Crippen LogP contribution is -2.37. The van der Waals surface area contributed by atoms with Crippen LogP contribution in [-0.4, -0.2) is 30.4 Å². The molecule has 0 saturated carbocycles. The molecule has 122 valence electrons. The van der Waals surface area contributed by atoms with Crippen molar-refractivity contribution in [3.8, 4) is 5.75 Å². The van der Waals surface area contributed by atoms with Crippen LogP contribution in [-0.2, 0) is 0 Å². The highest BCUT2D eigenvalue weighted by molar-refractivity contribution is 5.89. The fourth-order valence-corrected chi connectivity index (χ4v) is 1.90. The van der Waals surface area contributed by atoms with E-state index < -0.39 is 18.0 Å². The van der Waals surface area contributed by atoms with Crippen molar-refractivity contribution in [3.05, 3.63) is 59.9 Å². The van der Waals surface area contributed by atoms with Crippen LogP contribution in [0.3, 0.4) is 0 Å². The van der Waals surface area contributed by atoms with E-state index in [-0.39, 0.29) is 18.8 Å². The van der Waals surface area contributed by atoms with Gasteiger partial charge in [0.1, 0.15) is 24.3 Å². The maximum absolute atomic E-state index is 13.4. The van der Waals surface area contributed by atoms with Crippen molar-refractivity contribution in [2.24, 2.45) is 0 Å². The van der Waals surface area contributed by atoms with Crippen LogP contribution in [0, 0.1) is 12.7 Å². The standard InChI is InChI=1S/C17H19FN2O3/c1-12-5-4-6-14(9-12)23-11-13(21)10-19-17(22)20-16-8-3-2-7-15(16)18/h2-9,13,21H,10-11H2,1H3,(H2,19,20,22)/t13-/m1/s1. The van der Waals surface area contributed by atoms with E-state index in [9.17, 15) is 14.3 Å². The molecule has 0 aliphatic carbocycles. The number of hydrogen-bond acceptors (Lipinski definition) is 3. The second-order valence-corrected chi connectivity index (χ2v) is 5.10. The fraction of sp³-hybridized carbons (Fsp3) is 0.235. The van der Waals surface area contributed by atoms with Crippen LogP contribution >= 0.6 is 0 Å². The predicted molar refractivity (Wildman–Crippen MR) is 86.1 cm³/mol. The number of anilines is 1. The SMILES string of the molecule is Cc1cccc(OC[C@H](O)CNC(=O)Nc2ccccc2F)c1. The average molecular weight is 318 g/mol. The number of urea groups is 1. The molecule has 23 heavy (non-hydrogen) atoms. The van der Waals surface area contributed by atoms with Gasteiger partial charge in [-0.25, -0.2) is 9.18 Å². The van der Waals surface area contributed by atoms with Crippen LogP contribution in [0.2, 0.25) is 0 Å². The molecule has 0 saturated heterocycles. The van der Waals surface area contributed by atoms with Gasteiger partial charge in [-0.2, -0.15) is 0 Å². The molecule has 2 aromatic rings. The van der Waals surface area contributed by atoms with Gasteiger partial charge >= 0.3 is 6.03 Å². The largest absolute Gasteiger partial charge is 0.491 e. The van der Waals surface area contributed by atoms with E-state index in [4.69, 9.17) is 4.74 Å². The molecular weight excluding hydrogens is 299 g/mol. The van der Waals surface area contributed by atoms with E-state index in [0.29, 0.717) is 5.75 Å². The van der Waals surface area contributed by atoms with Gasteiger partial charge in [-0.3, -0.25) is 0 Å². The summed E-state index contributed by atoms with van der Waals surface area (Å²) < 4.78 is 18.8. The number of amides is 2. The predicted octanol–water partition coefficient (Wildman–Crippen LogP) is 2.70. The van der Waals surface area contributed by atoms with Crippen LogP contribution in [0.4, 0.5) is 14.9 Å². The first-order chi connectivity index (χ1) is 11.0. The highest BCUT2D eigenvalue weighted by atomic mass is 19.1. The number of carbonyl (C=O) groups is 1. The molecule has 0 heterocycles. The quantitative estimate of drug-likeness (QED) is 0.767. The summed E-state index contributed by atoms with van der Waals surface area (Å²) in [5, 5.41) is 14.6. The van der Waals surface area contributed by atoms with Gasteiger partial charge in [0, 0.05) is 6.54 Å². The second-order valence-electron chi connectivity index (χ2n) is 5.10. The molecule has 0 spiro atoms. The van der Waals surface area contributed by atoms with Gasteiger partial charge in [-0.15, -0.1) is 0 Å². The summed E-state index contributed by atoms with van der Waals surface area (Å²) in [6.45, 7) is 1.98. The highest BCUT2D eigenvalue weighted by Crippen LogP contribution is 2.13. The van der Waals surface area contributed by atoms with Crippen molar-refractivity contribution in [1.29, 1.82) is 0 Å². The van der Waals surface area contributed by atoms with Gasteiger partial charge in [-0.05, 0) is 36.8 Å². The van der Waals surface area contributed by atoms with Crippen LogP contribution in [0.5, 0.6) is 5.75 Å². The molecule has 2 aromatic carbocycles. The maximum Gasteiger partial charge on any atom is 0.319 e. The number of halogens is 1. The molecule has 0 aromatic heterocycles. The van der Waals surface area contributed by atoms with E-state index in [2.05, 4.69) is 10.6 Å². The summed E-state index contributed by atoms with van der Waals surface area (Å²) >= 11 is 0. The van der Waals surface area contributed by atoms with Gasteiger partial charge in [0.15, 0.2) is 0 Å². The van der Waals surface area contributed by atoms with Crippen LogP contribution < -0.4 is 15.4 Å². The van der Waals surface area contributed by atoms with Crippen LogP contribution in [0.15, 0.2) is 48.5 Å². The second kappa shape index (κ2) is 8.14. The van der Waals surface area contributed by atoms with Crippen molar-refractivity contribution < 1.29 is 19.0 Å². The number of hydrogen-bond donors (Lipinski definition) is 3. The summed E-state index contributed by atoms with van der Waals surface area (Å²) in [6, 6.07) is 12.7. The normalized spacial score (nSPS) is 11.6. The molecular formula is C17H19FN2O3. The topological polar surface area (TPSA) is 70.6 Å². The van der Waals surface area contributed by atoms with Crippen molar-refractivity contribution in [3.63, 3.8) is 0 Å². The lowest BCUT2D eigenvalue weighted by Gasteiger charge is -2.14. The van der Waals surface area contributed by atoms with Gasteiger partial charge < -0.3 is 20.5 Å². The van der Waals surface area contributed by atoms with Gasteiger partial charge in [0.05, 0.1) is 5.69 Å². The lowest BCUT2D eigenvalue weighted by molar-refractivity contribution is 0.108. The van der Waals surface area contributed by atoms with Crippen molar-refractivity contribution in [2.45, 2.75) is 13.0 Å². The van der Waals surface area contributed by atoms with E-state index in [0.717, 1.165) is 5.56 Å². The molecule has 2 rings (SSSR count). The average Bonchev–Trinajstić information content (AvgIpc) is 2.53. The molecule has 0 aliphatic heterocycles. The number of rotatable bonds is 6. The Kier molecular flexibility index (Phi) is 5.94. The number of para-hydroxylation sites is 1. The number of aryl methyl sites for hydroxylation is 1. The Morgan fingerprint density at radius 3 is 2.78 bits per heavy atom. The lowest BCUT2D eigenvalue weighted by atomic mass is 10.2. The van der Waals surface area contributed by atoms with E-state index in [1.807, 2.05) is 25.1 Å². The minimum Gasteiger partial charge on any atom is -0.491 e. The summed E-state index contributed by atoms with van der Waals surface area (Å²) in [5.74, 6) is 0.130. The van der Waals surface area contributed by atoms with Crippen molar-refractivity contribution >= 4 is 11.7 Å². The molecule has 0 fully saturated rings. The fourth-order valence-electron chi connectivity index (χ4n) is 1.90. The molecule has 1 atom stereocenters. The van der Waals surface area contributed by atoms with E-state index in [1.54, 1.807) is 12.1 Å². The molecule has 0 unspecified atom stereocenters. The number of ether oxygens (including phenoxy) is 1. The van der Waals surface area contributed by atoms with Crippen molar-refractivity contribution in [2.75, 3.05) is 18.5 Å². The Morgan fingerprint density at radius 2 is 2.04 bits per heavy atom. The summed E-state index contributed by atoms with van der Waals surface area (Å²) in [7, 11) is 0. The molecule has 0 radical (unpaired) electrons. The Morgan fingerprint density at radius 1 is 1.26 bits per heavy atom. The summed E-state index contributed by atoms with van der Waals surface area (Å²) in [5.41, 5.74) is 1.13. The Bertz CT molecular complexity index is 664. The van der Waals surface area contributed by atoms with Crippen LogP contribution in [0.1, 0.15) is 5.56 Å². The number of benzene rings is 2. The Hall–Kier alpha value is -2.60. The summed E-state index contributed by atoms with van der Waals surface area (Å²) in [6.07, 6.45) is -0.873. The zero-order valence-electron chi connectivity index (χ0n) is 12.8. The molecule has 3 N–H and O–H groups in total. The third-order valence-electron chi connectivity index (χ3n) is 3.05. The molecule has 0 bridgehead atoms. The first kappa shape index (κ1) is 16.8. The van der Waals surface area contributed by atoms with Gasteiger partial charge in [0.2, 0.25) is 0 Å². The van der Waals surface area contributed by atoms with Gasteiger partial charge in [0.25, 0.3) is 0 Å². The zero-order valence-corrected chi connectivity index (χ0v) is 12.8. The maximum atomic E-state index is 13.4. The minimum atomic E-state index is -0.873. The summed E-state index contributed by atoms with van der Waals surface area (Å²) in [4.78, 5) is 11.6. The number of nitrogens with one attached hydrogen (secondary N) is 2. The first-order valence-corrected chi connectivity index (χ1v) is 7.21. The highest BCUT2D eigenvalue weighted by Gasteiger charge is 2.09. The monoisotopic (exact) mass is 318 g/mol. The number of carbonyl (C=O) groups excluding carboxylic acids is 1. The van der Waals surface area contributed by atoms with Crippen molar-refractivity contribution in [1.82, 2.24) is 5.32 Å². The molecule has 2 amide bonds. The molecule has 0 aliphatic rings. The molecule has 5 nitrogen and oxygen atoms in total. The first-order valence-electron chi connectivity index (χ1n) is 7.21. The van der Waals surface area contributed by atoms with Gasteiger partial charge in [-0.1, -0.05) is 24.3 Å². The Labute approximate surface area is 134 Å². The smallest absolute Gasteiger partial charge is 0.319 e. The number of aliphatic hydroxyl groups excluding tert-OH is 1. The minimum absolute atomic E-state index is 0.00784. The third kappa shape index (κ3) is 5.60.